The number of nitrogens with zero attached hydrogens (tertiary/aromatic N) is 2. The van der Waals surface area contributed by atoms with Gasteiger partial charge in [-0.2, -0.15) is 4.98 Å². The van der Waals surface area contributed by atoms with E-state index < -0.39 is 0 Å². The molecule has 0 fully saturated rings. The highest BCUT2D eigenvalue weighted by atomic mass is 16.3. The van der Waals surface area contributed by atoms with Crippen LogP contribution in [0.4, 0.5) is 5.69 Å². The first-order chi connectivity index (χ1) is 5.27. The Morgan fingerprint density at radius 2 is 2.36 bits per heavy atom. The van der Waals surface area contributed by atoms with Gasteiger partial charge in [-0.15, -0.1) is 0 Å². The number of oxazole rings is 1. The number of aromatic nitrogens is 2. The summed E-state index contributed by atoms with van der Waals surface area (Å²) in [6.45, 7) is 1.76. The van der Waals surface area contributed by atoms with E-state index in [1.807, 2.05) is 0 Å². The van der Waals surface area contributed by atoms with Gasteiger partial charge < -0.3 is 10.2 Å². The maximum atomic E-state index is 5.60. The van der Waals surface area contributed by atoms with Crippen LogP contribution in [-0.2, 0) is 0 Å². The predicted molar refractivity (Wildman–Crippen MR) is 41.0 cm³/mol. The highest BCUT2D eigenvalue weighted by Gasteiger charge is 2.04. The Balaban J connectivity index is 2.90. The van der Waals surface area contributed by atoms with Crippen molar-refractivity contribution in [3.63, 3.8) is 0 Å². The Morgan fingerprint density at radius 1 is 1.55 bits per heavy atom. The molecule has 0 amide bonds. The van der Waals surface area contributed by atoms with E-state index in [1.54, 1.807) is 19.2 Å². The second-order valence-corrected chi connectivity index (χ2v) is 2.29. The minimum Gasteiger partial charge on any atom is -0.437 e. The molecule has 56 valence electrons. The molecule has 0 saturated heterocycles. The van der Waals surface area contributed by atoms with Crippen LogP contribution in [0.3, 0.4) is 0 Å². The van der Waals surface area contributed by atoms with Crippen LogP contribution in [0.1, 0.15) is 5.89 Å². The van der Waals surface area contributed by atoms with E-state index in [2.05, 4.69) is 9.97 Å². The van der Waals surface area contributed by atoms with Crippen molar-refractivity contribution in [2.24, 2.45) is 0 Å². The van der Waals surface area contributed by atoms with Gasteiger partial charge in [0.2, 0.25) is 5.65 Å². The third kappa shape index (κ3) is 0.832. The van der Waals surface area contributed by atoms with E-state index >= 15 is 0 Å². The lowest BCUT2D eigenvalue weighted by Gasteiger charge is -1.88. The number of aryl methyl sites for hydroxylation is 1. The van der Waals surface area contributed by atoms with Gasteiger partial charge in [-0.05, 0) is 6.07 Å². The van der Waals surface area contributed by atoms with Gasteiger partial charge in [-0.25, -0.2) is 4.98 Å². The van der Waals surface area contributed by atoms with Crippen LogP contribution < -0.4 is 5.73 Å². The summed E-state index contributed by atoms with van der Waals surface area (Å²) >= 11 is 0. The summed E-state index contributed by atoms with van der Waals surface area (Å²) in [6.07, 6.45) is 1.61. The Bertz CT molecular complexity index is 393. The number of rotatable bonds is 0. The minimum absolute atomic E-state index is 0.572. The number of nitrogen functional groups attached to an aromatic ring is 1. The molecule has 0 bridgehead atoms. The number of hydrogen-bond acceptors (Lipinski definition) is 4. The fourth-order valence-electron chi connectivity index (χ4n) is 0.955. The Kier molecular flexibility index (Phi) is 1.09. The van der Waals surface area contributed by atoms with Crippen molar-refractivity contribution in [2.45, 2.75) is 6.92 Å². The largest absolute Gasteiger partial charge is 0.437 e. The van der Waals surface area contributed by atoms with Crippen molar-refractivity contribution < 1.29 is 4.42 Å². The second kappa shape index (κ2) is 1.95. The van der Waals surface area contributed by atoms with Gasteiger partial charge in [-0.3, -0.25) is 0 Å². The molecule has 0 aliphatic carbocycles. The van der Waals surface area contributed by atoms with Gasteiger partial charge in [0, 0.05) is 13.1 Å². The summed E-state index contributed by atoms with van der Waals surface area (Å²) in [4.78, 5) is 7.99. The van der Waals surface area contributed by atoms with Gasteiger partial charge in [0.15, 0.2) is 11.5 Å². The van der Waals surface area contributed by atoms with Crippen LogP contribution in [0.5, 0.6) is 0 Å². The summed E-state index contributed by atoms with van der Waals surface area (Å²) in [6, 6.07) is 1.69. The first kappa shape index (κ1) is 6.15. The monoisotopic (exact) mass is 149 g/mol. The molecule has 4 nitrogen and oxygen atoms in total. The predicted octanol–water partition coefficient (Wildman–Crippen LogP) is 1.11. The highest BCUT2D eigenvalue weighted by Crippen LogP contribution is 2.18. The topological polar surface area (TPSA) is 64.9 Å². The van der Waals surface area contributed by atoms with Gasteiger partial charge in [0.1, 0.15) is 0 Å². The first-order valence-corrected chi connectivity index (χ1v) is 3.25. The van der Waals surface area contributed by atoms with Crippen molar-refractivity contribution in [1.82, 2.24) is 9.97 Å². The summed E-state index contributed by atoms with van der Waals surface area (Å²) in [7, 11) is 0. The SMILES string of the molecule is Cc1nc2nccc(N)c2o1. The molecule has 0 aromatic carbocycles. The molecule has 0 atom stereocenters. The molecule has 2 rings (SSSR count). The van der Waals surface area contributed by atoms with E-state index in [0.29, 0.717) is 22.8 Å². The standard InChI is InChI=1S/C7H7N3O/c1-4-10-7-6(11-4)5(8)2-3-9-7/h2-3H,1H3,(H2,8,9). The first-order valence-electron chi connectivity index (χ1n) is 3.25. The molecule has 11 heavy (non-hydrogen) atoms. The minimum atomic E-state index is 0.572. The highest BCUT2D eigenvalue weighted by molar-refractivity contribution is 5.81. The van der Waals surface area contributed by atoms with Crippen molar-refractivity contribution in [3.8, 4) is 0 Å². The molecule has 2 aromatic heterocycles. The Labute approximate surface area is 63.1 Å². The second-order valence-electron chi connectivity index (χ2n) is 2.29. The average Bonchev–Trinajstić information content (AvgIpc) is 2.31. The van der Waals surface area contributed by atoms with Crippen LogP contribution in [0.2, 0.25) is 0 Å². The lowest BCUT2D eigenvalue weighted by Crippen LogP contribution is -1.85. The van der Waals surface area contributed by atoms with Crippen molar-refractivity contribution in [1.29, 1.82) is 0 Å². The van der Waals surface area contributed by atoms with Gasteiger partial charge >= 0.3 is 0 Å². The lowest BCUT2D eigenvalue weighted by atomic mass is 10.4. The molecule has 0 radical (unpaired) electrons. The molecule has 0 unspecified atom stereocenters. The quantitative estimate of drug-likeness (QED) is 0.609. The molecular weight excluding hydrogens is 142 g/mol. The van der Waals surface area contributed by atoms with Crippen LogP contribution in [0.25, 0.3) is 11.2 Å². The zero-order valence-electron chi connectivity index (χ0n) is 6.03. The average molecular weight is 149 g/mol. The third-order valence-corrected chi connectivity index (χ3v) is 1.43. The number of hydrogen-bond donors (Lipinski definition) is 1. The normalized spacial score (nSPS) is 10.6. The van der Waals surface area contributed by atoms with Crippen LogP contribution >= 0.6 is 0 Å². The fraction of sp³-hybridized carbons (Fsp3) is 0.143. The lowest BCUT2D eigenvalue weighted by molar-refractivity contribution is 0.562. The van der Waals surface area contributed by atoms with E-state index in [4.69, 9.17) is 10.2 Å². The summed E-state index contributed by atoms with van der Waals surface area (Å²) in [5.74, 6) is 0.588. The number of anilines is 1. The fourth-order valence-corrected chi connectivity index (χ4v) is 0.955. The van der Waals surface area contributed by atoms with Gasteiger partial charge in [0.25, 0.3) is 0 Å². The number of nitrogens with two attached hydrogens (primary N) is 1. The molecule has 4 heteroatoms. The molecule has 0 aliphatic heterocycles. The maximum Gasteiger partial charge on any atom is 0.200 e. The van der Waals surface area contributed by atoms with Crippen LogP contribution in [-0.4, -0.2) is 9.97 Å². The zero-order valence-corrected chi connectivity index (χ0v) is 6.03. The van der Waals surface area contributed by atoms with Gasteiger partial charge in [-0.1, -0.05) is 0 Å². The Morgan fingerprint density at radius 3 is 3.09 bits per heavy atom. The number of pyridine rings is 1. The number of fused-ring (bicyclic) bond motifs is 1. The van der Waals surface area contributed by atoms with Gasteiger partial charge in [0.05, 0.1) is 5.69 Å². The van der Waals surface area contributed by atoms with E-state index in [1.165, 1.54) is 0 Å². The summed E-state index contributed by atoms with van der Waals surface area (Å²) in [5.41, 5.74) is 7.32. The van der Waals surface area contributed by atoms with Crippen molar-refractivity contribution >= 4 is 16.9 Å². The molecule has 2 N–H and O–H groups in total. The Hall–Kier alpha value is -1.58. The third-order valence-electron chi connectivity index (χ3n) is 1.43. The van der Waals surface area contributed by atoms with Crippen molar-refractivity contribution in [2.75, 3.05) is 5.73 Å². The maximum absolute atomic E-state index is 5.60. The molecule has 0 spiro atoms. The summed E-state index contributed by atoms with van der Waals surface area (Å²) < 4.78 is 5.20. The molecule has 2 heterocycles. The summed E-state index contributed by atoms with van der Waals surface area (Å²) in [5, 5.41) is 0. The van der Waals surface area contributed by atoms with Crippen molar-refractivity contribution in [3.05, 3.63) is 18.2 Å². The molecule has 0 saturated carbocycles. The zero-order chi connectivity index (χ0) is 7.84. The van der Waals surface area contributed by atoms with E-state index in [-0.39, 0.29) is 0 Å². The van der Waals surface area contributed by atoms with E-state index in [0.717, 1.165) is 0 Å². The molecular formula is C7H7N3O. The van der Waals surface area contributed by atoms with E-state index in [9.17, 15) is 0 Å². The smallest absolute Gasteiger partial charge is 0.200 e. The van der Waals surface area contributed by atoms with Crippen LogP contribution in [0, 0.1) is 6.92 Å². The molecule has 0 aliphatic rings. The van der Waals surface area contributed by atoms with Crippen LogP contribution in [0.15, 0.2) is 16.7 Å². The molecule has 2 aromatic rings.